The second kappa shape index (κ2) is 11.2. The fourth-order valence-electron chi connectivity index (χ4n) is 8.44. The Labute approximate surface area is 239 Å². The van der Waals surface area contributed by atoms with Gasteiger partial charge in [-0.2, -0.15) is 0 Å². The topological polar surface area (TPSA) is 127 Å². The van der Waals surface area contributed by atoms with Crippen LogP contribution in [0, 0.1) is 46.3 Å². The average Bonchev–Trinajstić information content (AvgIpc) is 3.14. The number of hydrogen-bond acceptors (Lipinski definition) is 6. The molecule has 7 nitrogen and oxygen atoms in total. The Morgan fingerprint density at radius 3 is 2.60 bits per heavy atom. The first-order valence-corrected chi connectivity index (χ1v) is 14.5. The van der Waals surface area contributed by atoms with E-state index in [0.717, 1.165) is 19.3 Å². The number of rotatable bonds is 7. The SMILES string of the molecule is [2H]C1([2H])C[C@]2(C)C3C[C@H](O)[C@@]4(C)C(CC[C@@H]4[C@H](C)CCC(=O)NCCS(=O)(=O)[O-])C3CCC2C([2H])([2H])[C@@H]1O.[Na+]. The van der Waals surface area contributed by atoms with E-state index in [1.807, 2.05) is 6.92 Å². The van der Waals surface area contributed by atoms with Crippen molar-refractivity contribution in [2.24, 2.45) is 46.3 Å². The molecule has 4 aliphatic carbocycles. The summed E-state index contributed by atoms with van der Waals surface area (Å²) in [6, 6.07) is 0. The Balaban J connectivity index is 0.00000420. The van der Waals surface area contributed by atoms with E-state index in [4.69, 9.17) is 5.48 Å². The predicted molar refractivity (Wildman–Crippen MR) is 129 cm³/mol. The zero-order valence-corrected chi connectivity index (χ0v) is 24.4. The summed E-state index contributed by atoms with van der Waals surface area (Å²) >= 11 is 0. The molecule has 0 aliphatic heterocycles. The van der Waals surface area contributed by atoms with Gasteiger partial charge in [0.25, 0.3) is 0 Å². The van der Waals surface area contributed by atoms with Crippen molar-refractivity contribution in [1.82, 2.24) is 5.32 Å². The van der Waals surface area contributed by atoms with Crippen LogP contribution in [0.25, 0.3) is 0 Å². The molecular weight excluding hydrogens is 477 g/mol. The Morgan fingerprint density at radius 2 is 1.91 bits per heavy atom. The Morgan fingerprint density at radius 1 is 1.20 bits per heavy atom. The third-order valence-electron chi connectivity index (χ3n) is 10.3. The van der Waals surface area contributed by atoms with Crippen LogP contribution >= 0.6 is 0 Å². The van der Waals surface area contributed by atoms with Crippen LogP contribution in [-0.2, 0) is 14.9 Å². The van der Waals surface area contributed by atoms with E-state index in [9.17, 15) is 28.0 Å². The molecule has 0 aromatic carbocycles. The monoisotopic (exact) mass is 525 g/mol. The average molecular weight is 526 g/mol. The first-order valence-electron chi connectivity index (χ1n) is 14.9. The van der Waals surface area contributed by atoms with Gasteiger partial charge in [0.15, 0.2) is 0 Å². The number of aliphatic hydroxyl groups excluding tert-OH is 2. The van der Waals surface area contributed by atoms with Gasteiger partial charge in [-0.3, -0.25) is 4.79 Å². The van der Waals surface area contributed by atoms with E-state index in [-0.39, 0.29) is 89.9 Å². The van der Waals surface area contributed by atoms with E-state index in [1.165, 1.54) is 0 Å². The number of nitrogens with one attached hydrogen (secondary N) is 1. The standard InChI is InChI=1S/C26H45NO6S.Na/c1-16(4-9-24(30)27-12-13-34(31,32)33)20-7-8-21-19-6-5-17-14-18(28)10-11-25(17,2)22(19)15-23(29)26(20,21)3;/h16-23,28-29H,4-15H2,1-3H3,(H,27,30)(H,31,32,33);/q;+1/p-1/t16-,17?,18-,19?,20-,21?,22?,23+,25+,26-;/m1./s1/i10D2,14D2;. The summed E-state index contributed by atoms with van der Waals surface area (Å²) in [6.07, 6.45) is -1.73. The third kappa shape index (κ3) is 5.84. The minimum absolute atomic E-state index is 0. The first kappa shape index (κ1) is 24.3. The Kier molecular flexibility index (Phi) is 7.78. The molecule has 9 heteroatoms. The Hall–Kier alpha value is 0.300. The molecule has 0 aromatic heterocycles. The molecule has 0 radical (unpaired) electrons. The van der Waals surface area contributed by atoms with Gasteiger partial charge in [-0.15, -0.1) is 0 Å². The van der Waals surface area contributed by atoms with Gasteiger partial charge in [-0.05, 0) is 104 Å². The summed E-state index contributed by atoms with van der Waals surface area (Å²) in [6.45, 7) is 6.04. The number of amides is 1. The second-order valence-corrected chi connectivity index (χ2v) is 13.4. The summed E-state index contributed by atoms with van der Waals surface area (Å²) in [5.74, 6) is -0.601. The van der Waals surface area contributed by atoms with Crippen LogP contribution in [0.1, 0.15) is 90.4 Å². The van der Waals surface area contributed by atoms with Crippen LogP contribution in [0.4, 0.5) is 0 Å². The molecule has 4 rings (SSSR count). The molecule has 35 heavy (non-hydrogen) atoms. The van der Waals surface area contributed by atoms with E-state index in [0.29, 0.717) is 19.3 Å². The molecule has 196 valence electrons. The second-order valence-electron chi connectivity index (χ2n) is 11.9. The van der Waals surface area contributed by atoms with Crippen LogP contribution < -0.4 is 34.9 Å². The number of aliphatic hydroxyl groups is 2. The van der Waals surface area contributed by atoms with Crippen LogP contribution in [0.15, 0.2) is 0 Å². The quantitative estimate of drug-likeness (QED) is 0.319. The van der Waals surface area contributed by atoms with Crippen molar-refractivity contribution >= 4 is 16.0 Å². The summed E-state index contributed by atoms with van der Waals surface area (Å²) in [5, 5.41) is 24.7. The Bertz CT molecular complexity index is 1030. The fraction of sp³-hybridized carbons (Fsp3) is 0.962. The summed E-state index contributed by atoms with van der Waals surface area (Å²) < 4.78 is 66.5. The molecule has 1 amide bonds. The number of fused-ring (bicyclic) bond motifs is 5. The van der Waals surface area contributed by atoms with Gasteiger partial charge in [0, 0.05) is 18.4 Å². The number of carbonyl (C=O) groups excluding carboxylic acids is 1. The first-order chi connectivity index (χ1) is 17.4. The maximum atomic E-state index is 12.2. The van der Waals surface area contributed by atoms with Crippen molar-refractivity contribution in [2.45, 2.75) is 97.1 Å². The zero-order chi connectivity index (χ0) is 28.5. The van der Waals surface area contributed by atoms with Gasteiger partial charge < -0.3 is 20.1 Å². The maximum absolute atomic E-state index is 12.2. The fourth-order valence-corrected chi connectivity index (χ4v) is 8.79. The van der Waals surface area contributed by atoms with Crippen LogP contribution in [0.2, 0.25) is 0 Å². The van der Waals surface area contributed by atoms with Gasteiger partial charge in [-0.25, -0.2) is 8.42 Å². The van der Waals surface area contributed by atoms with Gasteiger partial charge in [0.05, 0.1) is 28.1 Å². The summed E-state index contributed by atoms with van der Waals surface area (Å²) in [5.41, 5.74) is -1.01. The van der Waals surface area contributed by atoms with Crippen molar-refractivity contribution in [3.05, 3.63) is 0 Å². The molecule has 0 aromatic rings. The van der Waals surface area contributed by atoms with E-state index in [2.05, 4.69) is 19.2 Å². The molecule has 0 saturated heterocycles. The molecule has 4 aliphatic rings. The normalized spacial score (nSPS) is 48.3. The largest absolute Gasteiger partial charge is 1.00 e. The van der Waals surface area contributed by atoms with Crippen molar-refractivity contribution in [3.63, 3.8) is 0 Å². The van der Waals surface area contributed by atoms with E-state index < -0.39 is 52.2 Å². The number of carbonyl (C=O) groups is 1. The summed E-state index contributed by atoms with van der Waals surface area (Å²) in [7, 11) is -4.38. The predicted octanol–water partition coefficient (Wildman–Crippen LogP) is 0.0587. The van der Waals surface area contributed by atoms with Gasteiger partial charge >= 0.3 is 29.6 Å². The van der Waals surface area contributed by atoms with Gasteiger partial charge in [0.1, 0.15) is 0 Å². The van der Waals surface area contributed by atoms with Crippen molar-refractivity contribution < 1.29 is 63.0 Å². The van der Waals surface area contributed by atoms with Crippen LogP contribution in [0.3, 0.4) is 0 Å². The summed E-state index contributed by atoms with van der Waals surface area (Å²) in [4.78, 5) is 12.2. The van der Waals surface area contributed by atoms with E-state index in [1.54, 1.807) is 0 Å². The van der Waals surface area contributed by atoms with Crippen LogP contribution in [0.5, 0.6) is 0 Å². The van der Waals surface area contributed by atoms with Crippen molar-refractivity contribution in [1.29, 1.82) is 0 Å². The molecule has 0 spiro atoms. The molecule has 4 unspecified atom stereocenters. The van der Waals surface area contributed by atoms with Crippen LogP contribution in [-0.4, -0.2) is 53.6 Å². The smallest absolute Gasteiger partial charge is 0.748 e. The molecule has 0 bridgehead atoms. The minimum Gasteiger partial charge on any atom is -0.748 e. The molecule has 0 heterocycles. The molecule has 4 saturated carbocycles. The van der Waals surface area contributed by atoms with Gasteiger partial charge in [0.2, 0.25) is 5.91 Å². The molecule has 4 fully saturated rings. The third-order valence-corrected chi connectivity index (χ3v) is 11.0. The van der Waals surface area contributed by atoms with E-state index >= 15 is 0 Å². The molecule has 10 atom stereocenters. The molecule has 3 N–H and O–H groups in total. The maximum Gasteiger partial charge on any atom is 1.00 e. The number of hydrogen-bond donors (Lipinski definition) is 3. The zero-order valence-electron chi connectivity index (χ0n) is 25.6. The van der Waals surface area contributed by atoms with Crippen molar-refractivity contribution in [3.8, 4) is 0 Å². The van der Waals surface area contributed by atoms with Crippen molar-refractivity contribution in [2.75, 3.05) is 12.3 Å². The minimum atomic E-state index is -4.38. The van der Waals surface area contributed by atoms with Gasteiger partial charge in [-0.1, -0.05) is 20.8 Å². The molecular formula is C26H44NNaO6S.